The van der Waals surface area contributed by atoms with E-state index in [9.17, 15) is 9.59 Å². The minimum absolute atomic E-state index is 0.121. The monoisotopic (exact) mass is 376 g/mol. The standard InChI is InChI=1S/C23H24N2O3/c26-21(13-12-18-16-24-20-11-5-4-10-19(18)20)28-22(17-8-2-1-3-9-17)23(27)25-14-6-7-15-25/h1-5,8-11,16,22,24H,6-7,12-15H2/t22-/m1/s1. The van der Waals surface area contributed by atoms with Crippen molar-refractivity contribution in [2.75, 3.05) is 13.1 Å². The first kappa shape index (κ1) is 18.3. The van der Waals surface area contributed by atoms with Crippen molar-refractivity contribution in [1.29, 1.82) is 0 Å². The number of ether oxygens (including phenoxy) is 1. The van der Waals surface area contributed by atoms with E-state index in [1.165, 1.54) is 0 Å². The number of H-pyrrole nitrogens is 1. The SMILES string of the molecule is O=C(CCc1c[nH]c2ccccc12)O[C@@H](C(=O)N1CCCC1)c1ccccc1. The second-order valence-corrected chi connectivity index (χ2v) is 7.17. The van der Waals surface area contributed by atoms with E-state index in [2.05, 4.69) is 4.98 Å². The van der Waals surface area contributed by atoms with Gasteiger partial charge >= 0.3 is 5.97 Å². The molecular weight excluding hydrogens is 352 g/mol. The maximum absolute atomic E-state index is 12.9. The number of aromatic amines is 1. The normalized spacial score (nSPS) is 14.9. The number of benzene rings is 2. The van der Waals surface area contributed by atoms with E-state index < -0.39 is 6.10 Å². The number of nitrogens with one attached hydrogen (secondary N) is 1. The lowest BCUT2D eigenvalue weighted by Crippen LogP contribution is -2.34. The molecule has 3 aromatic rings. The highest BCUT2D eigenvalue weighted by Gasteiger charge is 2.30. The van der Waals surface area contributed by atoms with Gasteiger partial charge < -0.3 is 14.6 Å². The molecule has 1 N–H and O–H groups in total. The van der Waals surface area contributed by atoms with Crippen molar-refractivity contribution in [2.24, 2.45) is 0 Å². The van der Waals surface area contributed by atoms with Crippen molar-refractivity contribution in [1.82, 2.24) is 9.88 Å². The molecule has 0 saturated carbocycles. The van der Waals surface area contributed by atoms with E-state index >= 15 is 0 Å². The average Bonchev–Trinajstić information content (AvgIpc) is 3.41. The number of carbonyl (C=O) groups is 2. The number of para-hydroxylation sites is 1. The number of likely N-dealkylation sites (tertiary alicyclic amines) is 1. The number of hydrogen-bond donors (Lipinski definition) is 1. The Morgan fingerprint density at radius 2 is 1.71 bits per heavy atom. The second kappa shape index (κ2) is 8.30. The van der Waals surface area contributed by atoms with Gasteiger partial charge in [0.05, 0.1) is 0 Å². The number of aromatic nitrogens is 1. The summed E-state index contributed by atoms with van der Waals surface area (Å²) < 4.78 is 5.68. The van der Waals surface area contributed by atoms with Crippen LogP contribution in [-0.2, 0) is 20.7 Å². The van der Waals surface area contributed by atoms with Crippen molar-refractivity contribution in [2.45, 2.75) is 31.8 Å². The van der Waals surface area contributed by atoms with Crippen molar-refractivity contribution in [3.8, 4) is 0 Å². The number of fused-ring (bicyclic) bond motifs is 1. The molecule has 0 bridgehead atoms. The number of aryl methyl sites for hydroxylation is 1. The molecule has 5 heteroatoms. The Balaban J connectivity index is 1.45. The van der Waals surface area contributed by atoms with Gasteiger partial charge in [0, 0.05) is 42.2 Å². The van der Waals surface area contributed by atoms with Crippen LogP contribution >= 0.6 is 0 Å². The Labute approximate surface area is 164 Å². The number of hydrogen-bond acceptors (Lipinski definition) is 3. The van der Waals surface area contributed by atoms with Gasteiger partial charge in [-0.2, -0.15) is 0 Å². The topological polar surface area (TPSA) is 62.4 Å². The van der Waals surface area contributed by atoms with Crippen molar-refractivity contribution >= 4 is 22.8 Å². The summed E-state index contributed by atoms with van der Waals surface area (Å²) in [7, 11) is 0. The number of nitrogens with zero attached hydrogens (tertiary/aromatic N) is 1. The van der Waals surface area contributed by atoms with Crippen LogP contribution < -0.4 is 0 Å². The third-order valence-corrected chi connectivity index (χ3v) is 5.27. The van der Waals surface area contributed by atoms with E-state index in [1.54, 1.807) is 4.90 Å². The fraction of sp³-hybridized carbons (Fsp3) is 0.304. The predicted molar refractivity (Wildman–Crippen MR) is 108 cm³/mol. The fourth-order valence-electron chi connectivity index (χ4n) is 3.76. The molecule has 4 rings (SSSR count). The van der Waals surface area contributed by atoms with Gasteiger partial charge in [0.2, 0.25) is 6.10 Å². The van der Waals surface area contributed by atoms with E-state index in [4.69, 9.17) is 4.74 Å². The number of amides is 1. The van der Waals surface area contributed by atoms with Crippen LogP contribution in [0.1, 0.15) is 36.5 Å². The van der Waals surface area contributed by atoms with E-state index in [0.29, 0.717) is 6.42 Å². The fourth-order valence-corrected chi connectivity index (χ4v) is 3.76. The first-order valence-corrected chi connectivity index (χ1v) is 9.80. The summed E-state index contributed by atoms with van der Waals surface area (Å²) in [5.74, 6) is -0.476. The lowest BCUT2D eigenvalue weighted by atomic mass is 10.1. The largest absolute Gasteiger partial charge is 0.447 e. The van der Waals surface area contributed by atoms with Crippen LogP contribution in [0.25, 0.3) is 10.9 Å². The summed E-state index contributed by atoms with van der Waals surface area (Å²) >= 11 is 0. The third-order valence-electron chi connectivity index (χ3n) is 5.27. The van der Waals surface area contributed by atoms with Gasteiger partial charge in [-0.3, -0.25) is 9.59 Å². The van der Waals surface area contributed by atoms with Crippen LogP contribution in [0.2, 0.25) is 0 Å². The Bertz CT molecular complexity index is 958. The van der Waals surface area contributed by atoms with Crippen LogP contribution in [0.4, 0.5) is 0 Å². The molecule has 2 heterocycles. The van der Waals surface area contributed by atoms with Gasteiger partial charge in [0.25, 0.3) is 5.91 Å². The summed E-state index contributed by atoms with van der Waals surface area (Å²) in [5.41, 5.74) is 2.85. The minimum Gasteiger partial charge on any atom is -0.447 e. The van der Waals surface area contributed by atoms with Gasteiger partial charge in [-0.15, -0.1) is 0 Å². The van der Waals surface area contributed by atoms with Crippen LogP contribution in [0.5, 0.6) is 0 Å². The minimum atomic E-state index is -0.866. The van der Waals surface area contributed by atoms with Crippen molar-refractivity contribution in [3.05, 3.63) is 71.9 Å². The zero-order valence-electron chi connectivity index (χ0n) is 15.8. The lowest BCUT2D eigenvalue weighted by molar-refractivity contribution is -0.160. The van der Waals surface area contributed by atoms with Gasteiger partial charge in [-0.25, -0.2) is 0 Å². The Morgan fingerprint density at radius 3 is 2.50 bits per heavy atom. The smallest absolute Gasteiger partial charge is 0.307 e. The lowest BCUT2D eigenvalue weighted by Gasteiger charge is -2.23. The highest BCUT2D eigenvalue weighted by Crippen LogP contribution is 2.24. The van der Waals surface area contributed by atoms with Crippen LogP contribution in [0.15, 0.2) is 60.8 Å². The first-order chi connectivity index (χ1) is 13.7. The number of rotatable bonds is 6. The molecule has 1 aliphatic rings. The summed E-state index contributed by atoms with van der Waals surface area (Å²) in [5, 5.41) is 1.11. The van der Waals surface area contributed by atoms with Crippen LogP contribution in [-0.4, -0.2) is 34.8 Å². The van der Waals surface area contributed by atoms with Crippen LogP contribution in [0, 0.1) is 0 Å². The van der Waals surface area contributed by atoms with Gasteiger partial charge in [0.1, 0.15) is 0 Å². The highest BCUT2D eigenvalue weighted by atomic mass is 16.5. The Kier molecular flexibility index (Phi) is 5.42. The maximum Gasteiger partial charge on any atom is 0.307 e. The molecular formula is C23H24N2O3. The molecule has 1 aliphatic heterocycles. The quantitative estimate of drug-likeness (QED) is 0.661. The molecule has 2 aromatic carbocycles. The summed E-state index contributed by atoms with van der Waals surface area (Å²) in [6, 6.07) is 17.3. The van der Waals surface area contributed by atoms with Gasteiger partial charge in [0.15, 0.2) is 0 Å². The van der Waals surface area contributed by atoms with Gasteiger partial charge in [-0.05, 0) is 30.9 Å². The number of carbonyl (C=O) groups excluding carboxylic acids is 2. The maximum atomic E-state index is 12.9. The molecule has 0 aliphatic carbocycles. The molecule has 144 valence electrons. The molecule has 1 aromatic heterocycles. The van der Waals surface area contributed by atoms with Crippen molar-refractivity contribution < 1.29 is 14.3 Å². The highest BCUT2D eigenvalue weighted by molar-refractivity contribution is 5.86. The zero-order valence-corrected chi connectivity index (χ0v) is 15.8. The Hall–Kier alpha value is -3.08. The predicted octanol–water partition coefficient (Wildman–Crippen LogP) is 4.01. The van der Waals surface area contributed by atoms with Crippen LogP contribution in [0.3, 0.4) is 0 Å². The van der Waals surface area contributed by atoms with Crippen molar-refractivity contribution in [3.63, 3.8) is 0 Å². The molecule has 0 radical (unpaired) electrons. The van der Waals surface area contributed by atoms with E-state index in [0.717, 1.165) is 48.0 Å². The molecule has 28 heavy (non-hydrogen) atoms. The third kappa shape index (κ3) is 3.93. The Morgan fingerprint density at radius 1 is 1.00 bits per heavy atom. The molecule has 1 saturated heterocycles. The molecule has 5 nitrogen and oxygen atoms in total. The zero-order chi connectivity index (χ0) is 19.3. The molecule has 0 unspecified atom stereocenters. The molecule has 1 amide bonds. The molecule has 0 spiro atoms. The van der Waals surface area contributed by atoms with E-state index in [1.807, 2.05) is 60.8 Å². The summed E-state index contributed by atoms with van der Waals surface area (Å²) in [6.45, 7) is 1.46. The summed E-state index contributed by atoms with van der Waals surface area (Å²) in [4.78, 5) is 30.5. The van der Waals surface area contributed by atoms with Gasteiger partial charge in [-0.1, -0.05) is 48.5 Å². The number of esters is 1. The first-order valence-electron chi connectivity index (χ1n) is 9.80. The summed E-state index contributed by atoms with van der Waals surface area (Å²) in [6.07, 6.45) is 3.88. The molecule has 1 atom stereocenters. The van der Waals surface area contributed by atoms with E-state index in [-0.39, 0.29) is 18.3 Å². The average molecular weight is 376 g/mol. The molecule has 1 fully saturated rings. The second-order valence-electron chi connectivity index (χ2n) is 7.17.